The van der Waals surface area contributed by atoms with Gasteiger partial charge in [0.1, 0.15) is 13.6 Å². The Morgan fingerprint density at radius 2 is 1.00 bits per heavy atom. The van der Waals surface area contributed by atoms with Crippen LogP contribution in [0.25, 0.3) is 0 Å². The molecule has 3 nitrogen and oxygen atoms in total. The lowest BCUT2D eigenvalue weighted by Gasteiger charge is -2.06. The molecule has 0 aliphatic rings. The monoisotopic (exact) mass is 246 g/mol. The quantitative estimate of drug-likeness (QED) is 0.341. The van der Waals surface area contributed by atoms with Gasteiger partial charge in [0.2, 0.25) is 0 Å². The van der Waals surface area contributed by atoms with Crippen LogP contribution in [0.4, 0.5) is 0 Å². The molecule has 0 bridgehead atoms. The molecule has 0 N–H and O–H groups in total. The number of rotatable bonds is 14. The van der Waals surface area contributed by atoms with E-state index in [1.54, 1.807) is 0 Å². The first kappa shape index (κ1) is 16.9. The zero-order valence-corrected chi connectivity index (χ0v) is 11.7. The minimum atomic E-state index is 0.362. The zero-order valence-electron chi connectivity index (χ0n) is 11.7. The first-order chi connectivity index (χ1) is 8.41. The number of hydrogen-bond acceptors (Lipinski definition) is 3. The second-order valence-corrected chi connectivity index (χ2v) is 4.38. The normalized spacial score (nSPS) is 10.9. The van der Waals surface area contributed by atoms with Crippen molar-refractivity contribution in [1.82, 2.24) is 0 Å². The maximum atomic E-state index is 5.32. The molecule has 0 atom stereocenters. The fraction of sp³-hybridized carbons (Fsp3) is 1.00. The summed E-state index contributed by atoms with van der Waals surface area (Å²) in [6.45, 7) is 6.75. The molecule has 3 heteroatoms. The summed E-state index contributed by atoms with van der Waals surface area (Å²) in [6.07, 6.45) is 9.90. The first-order valence-electron chi connectivity index (χ1n) is 7.15. The van der Waals surface area contributed by atoms with Gasteiger partial charge in [0.25, 0.3) is 0 Å². The van der Waals surface area contributed by atoms with Crippen LogP contribution in [0.15, 0.2) is 0 Å². The molecule has 104 valence electrons. The Morgan fingerprint density at radius 3 is 1.41 bits per heavy atom. The number of unbranched alkanes of at least 4 members (excludes halogenated alkanes) is 6. The van der Waals surface area contributed by atoms with E-state index in [2.05, 4.69) is 13.8 Å². The second-order valence-electron chi connectivity index (χ2n) is 4.38. The van der Waals surface area contributed by atoms with E-state index in [9.17, 15) is 0 Å². The van der Waals surface area contributed by atoms with Gasteiger partial charge in [-0.1, -0.05) is 52.4 Å². The van der Waals surface area contributed by atoms with Gasteiger partial charge in [-0.3, -0.25) is 0 Å². The molecule has 0 aliphatic carbocycles. The summed E-state index contributed by atoms with van der Waals surface area (Å²) in [5.41, 5.74) is 0. The SMILES string of the molecule is CCCCCCOCOCOCCCCCC. The number of hydrogen-bond donors (Lipinski definition) is 0. The average Bonchev–Trinajstić information content (AvgIpc) is 2.35. The van der Waals surface area contributed by atoms with Gasteiger partial charge in [0.15, 0.2) is 0 Å². The topological polar surface area (TPSA) is 27.7 Å². The molecular weight excluding hydrogens is 216 g/mol. The zero-order chi connectivity index (χ0) is 12.6. The summed E-state index contributed by atoms with van der Waals surface area (Å²) in [5, 5.41) is 0. The highest BCUT2D eigenvalue weighted by Crippen LogP contribution is 2.00. The van der Waals surface area contributed by atoms with Crippen molar-refractivity contribution in [3.05, 3.63) is 0 Å². The lowest BCUT2D eigenvalue weighted by molar-refractivity contribution is -0.131. The van der Waals surface area contributed by atoms with E-state index in [-0.39, 0.29) is 0 Å². The molecule has 0 aromatic rings. The summed E-state index contributed by atoms with van der Waals surface area (Å²) in [5.74, 6) is 0. The van der Waals surface area contributed by atoms with E-state index in [4.69, 9.17) is 14.2 Å². The second kappa shape index (κ2) is 15.9. The van der Waals surface area contributed by atoms with E-state index in [0.29, 0.717) is 13.6 Å². The molecule has 0 aliphatic heterocycles. The van der Waals surface area contributed by atoms with Crippen LogP contribution in [0.1, 0.15) is 65.2 Å². The van der Waals surface area contributed by atoms with Crippen LogP contribution in [0.3, 0.4) is 0 Å². The summed E-state index contributed by atoms with van der Waals surface area (Å²) in [6, 6.07) is 0. The van der Waals surface area contributed by atoms with Gasteiger partial charge in [0.05, 0.1) is 0 Å². The summed E-state index contributed by atoms with van der Waals surface area (Å²) in [4.78, 5) is 0. The van der Waals surface area contributed by atoms with Crippen LogP contribution in [0.2, 0.25) is 0 Å². The van der Waals surface area contributed by atoms with E-state index in [0.717, 1.165) is 26.1 Å². The Hall–Kier alpha value is -0.120. The molecule has 0 aromatic carbocycles. The minimum Gasteiger partial charge on any atom is -0.355 e. The molecule has 0 saturated carbocycles. The maximum absolute atomic E-state index is 5.32. The molecule has 0 saturated heterocycles. The van der Waals surface area contributed by atoms with Gasteiger partial charge in [0, 0.05) is 13.2 Å². The standard InChI is InChI=1S/C14H30O3/c1-3-5-7-9-11-15-13-17-14-16-12-10-8-6-4-2/h3-14H2,1-2H3. The lowest BCUT2D eigenvalue weighted by atomic mass is 10.2. The van der Waals surface area contributed by atoms with Gasteiger partial charge in [-0.15, -0.1) is 0 Å². The third-order valence-electron chi connectivity index (χ3n) is 2.62. The maximum Gasteiger partial charge on any atom is 0.149 e. The van der Waals surface area contributed by atoms with E-state index < -0.39 is 0 Å². The van der Waals surface area contributed by atoms with Crippen molar-refractivity contribution in [2.75, 3.05) is 26.8 Å². The van der Waals surface area contributed by atoms with Crippen molar-refractivity contribution in [2.45, 2.75) is 65.2 Å². The highest BCUT2D eigenvalue weighted by molar-refractivity contribution is 4.38. The Bertz CT molecular complexity index is 115. The Balaban J connectivity index is 2.85. The molecule has 0 fully saturated rings. The van der Waals surface area contributed by atoms with Crippen molar-refractivity contribution >= 4 is 0 Å². The van der Waals surface area contributed by atoms with Gasteiger partial charge >= 0.3 is 0 Å². The Kier molecular flexibility index (Phi) is 15.8. The van der Waals surface area contributed by atoms with Gasteiger partial charge in [-0.05, 0) is 12.8 Å². The molecular formula is C14H30O3. The first-order valence-corrected chi connectivity index (χ1v) is 7.15. The van der Waals surface area contributed by atoms with Crippen LogP contribution in [-0.4, -0.2) is 26.8 Å². The highest BCUT2D eigenvalue weighted by atomic mass is 16.7. The van der Waals surface area contributed by atoms with Gasteiger partial charge < -0.3 is 14.2 Å². The largest absolute Gasteiger partial charge is 0.355 e. The summed E-state index contributed by atoms with van der Waals surface area (Å²) in [7, 11) is 0. The van der Waals surface area contributed by atoms with Gasteiger partial charge in [-0.25, -0.2) is 0 Å². The molecule has 17 heavy (non-hydrogen) atoms. The minimum absolute atomic E-state index is 0.362. The molecule has 0 heterocycles. The molecule has 0 rings (SSSR count). The Labute approximate surface area is 107 Å². The molecule has 0 aromatic heterocycles. The predicted molar refractivity (Wildman–Crippen MR) is 71.0 cm³/mol. The van der Waals surface area contributed by atoms with Crippen molar-refractivity contribution in [3.63, 3.8) is 0 Å². The van der Waals surface area contributed by atoms with Crippen molar-refractivity contribution in [3.8, 4) is 0 Å². The van der Waals surface area contributed by atoms with Gasteiger partial charge in [-0.2, -0.15) is 0 Å². The molecule has 0 radical (unpaired) electrons. The molecule has 0 spiro atoms. The van der Waals surface area contributed by atoms with Crippen LogP contribution in [0, 0.1) is 0 Å². The summed E-state index contributed by atoms with van der Waals surface area (Å²) < 4.78 is 15.8. The lowest BCUT2D eigenvalue weighted by Crippen LogP contribution is -2.06. The number of ether oxygens (including phenoxy) is 3. The molecule has 0 amide bonds. The average molecular weight is 246 g/mol. The van der Waals surface area contributed by atoms with Crippen LogP contribution < -0.4 is 0 Å². The fourth-order valence-corrected chi connectivity index (χ4v) is 1.53. The molecule has 0 unspecified atom stereocenters. The fourth-order valence-electron chi connectivity index (χ4n) is 1.53. The Morgan fingerprint density at radius 1 is 0.529 bits per heavy atom. The smallest absolute Gasteiger partial charge is 0.149 e. The third-order valence-corrected chi connectivity index (χ3v) is 2.62. The van der Waals surface area contributed by atoms with E-state index in [1.807, 2.05) is 0 Å². The van der Waals surface area contributed by atoms with Crippen molar-refractivity contribution in [2.24, 2.45) is 0 Å². The van der Waals surface area contributed by atoms with E-state index in [1.165, 1.54) is 38.5 Å². The summed E-state index contributed by atoms with van der Waals surface area (Å²) >= 11 is 0. The van der Waals surface area contributed by atoms with Crippen molar-refractivity contribution < 1.29 is 14.2 Å². The van der Waals surface area contributed by atoms with Crippen LogP contribution >= 0.6 is 0 Å². The predicted octanol–water partition coefficient (Wildman–Crippen LogP) is 4.11. The highest BCUT2D eigenvalue weighted by Gasteiger charge is 1.91. The third kappa shape index (κ3) is 15.9. The van der Waals surface area contributed by atoms with Crippen molar-refractivity contribution in [1.29, 1.82) is 0 Å². The van der Waals surface area contributed by atoms with Crippen LogP contribution in [-0.2, 0) is 14.2 Å². The van der Waals surface area contributed by atoms with E-state index >= 15 is 0 Å². The van der Waals surface area contributed by atoms with Crippen LogP contribution in [0.5, 0.6) is 0 Å².